The maximum absolute atomic E-state index is 13.4. The van der Waals surface area contributed by atoms with Crippen LogP contribution in [0.25, 0.3) is 0 Å². The minimum absolute atomic E-state index is 0.116. The molecule has 5 heteroatoms. The third kappa shape index (κ3) is 3.52. The summed E-state index contributed by atoms with van der Waals surface area (Å²) in [6.45, 7) is 2.89. The van der Waals surface area contributed by atoms with Crippen LogP contribution in [0.2, 0.25) is 0 Å². The third-order valence-electron chi connectivity index (χ3n) is 2.89. The van der Waals surface area contributed by atoms with Gasteiger partial charge in [0.2, 0.25) is 0 Å². The molecule has 2 rings (SSSR count). The molecule has 1 N–H and O–H groups in total. The van der Waals surface area contributed by atoms with Gasteiger partial charge in [-0.15, -0.1) is 11.3 Å². The highest BCUT2D eigenvalue weighted by molar-refractivity contribution is 7.09. The fourth-order valence-electron chi connectivity index (χ4n) is 1.98. The van der Waals surface area contributed by atoms with Gasteiger partial charge in [-0.1, -0.05) is 13.0 Å². The Balaban J connectivity index is 2.22. The van der Waals surface area contributed by atoms with Gasteiger partial charge >= 0.3 is 0 Å². The quantitative estimate of drug-likeness (QED) is 0.882. The van der Waals surface area contributed by atoms with Crippen LogP contribution < -0.4 is 10.1 Å². The van der Waals surface area contributed by atoms with Gasteiger partial charge in [0, 0.05) is 24.0 Å². The van der Waals surface area contributed by atoms with Crippen molar-refractivity contribution in [2.45, 2.75) is 19.4 Å². The van der Waals surface area contributed by atoms with E-state index in [0.717, 1.165) is 23.5 Å². The first-order valence-corrected chi connectivity index (χ1v) is 7.07. The highest BCUT2D eigenvalue weighted by atomic mass is 32.1. The number of halogens is 1. The van der Waals surface area contributed by atoms with Crippen LogP contribution in [0.5, 0.6) is 5.75 Å². The number of methoxy groups -OCH3 is 1. The predicted molar refractivity (Wildman–Crippen MR) is 75.2 cm³/mol. The van der Waals surface area contributed by atoms with E-state index in [2.05, 4.69) is 17.2 Å². The molecule has 0 aliphatic carbocycles. The van der Waals surface area contributed by atoms with Crippen LogP contribution in [0.15, 0.2) is 29.8 Å². The van der Waals surface area contributed by atoms with Crippen LogP contribution in [-0.2, 0) is 6.42 Å². The zero-order valence-corrected chi connectivity index (χ0v) is 11.8. The molecule has 0 aliphatic heterocycles. The van der Waals surface area contributed by atoms with Crippen LogP contribution >= 0.6 is 11.3 Å². The number of thiazole rings is 1. The molecular weight excluding hydrogens is 263 g/mol. The first-order valence-electron chi connectivity index (χ1n) is 6.19. The number of benzene rings is 1. The van der Waals surface area contributed by atoms with Gasteiger partial charge in [0.05, 0.1) is 12.1 Å². The van der Waals surface area contributed by atoms with Crippen molar-refractivity contribution in [2.24, 2.45) is 0 Å². The van der Waals surface area contributed by atoms with E-state index in [0.29, 0.717) is 0 Å². The lowest BCUT2D eigenvalue weighted by Gasteiger charge is -2.18. The summed E-state index contributed by atoms with van der Waals surface area (Å²) in [7, 11) is 1.48. The van der Waals surface area contributed by atoms with Crippen LogP contribution in [-0.4, -0.2) is 18.6 Å². The second-order valence-corrected chi connectivity index (χ2v) is 5.11. The van der Waals surface area contributed by atoms with Gasteiger partial charge in [0.15, 0.2) is 11.6 Å². The summed E-state index contributed by atoms with van der Waals surface area (Å²) in [5.74, 6) is -0.0599. The van der Waals surface area contributed by atoms with Crippen molar-refractivity contribution in [1.82, 2.24) is 10.3 Å². The number of nitrogens with zero attached hydrogens (tertiary/aromatic N) is 1. The smallest absolute Gasteiger partial charge is 0.165 e. The molecule has 1 heterocycles. The minimum Gasteiger partial charge on any atom is -0.494 e. The topological polar surface area (TPSA) is 34.2 Å². The van der Waals surface area contributed by atoms with Crippen molar-refractivity contribution < 1.29 is 9.13 Å². The SMILES string of the molecule is CCNC(Cc1nccs1)c1ccc(F)c(OC)c1. The van der Waals surface area contributed by atoms with Crippen LogP contribution in [0.1, 0.15) is 23.5 Å². The van der Waals surface area contributed by atoms with Crippen molar-refractivity contribution in [3.8, 4) is 5.75 Å². The van der Waals surface area contributed by atoms with Gasteiger partial charge in [-0.25, -0.2) is 9.37 Å². The molecule has 2 aromatic rings. The van der Waals surface area contributed by atoms with E-state index in [-0.39, 0.29) is 17.6 Å². The van der Waals surface area contributed by atoms with Crippen LogP contribution in [0, 0.1) is 5.82 Å². The molecule has 0 fully saturated rings. The van der Waals surface area contributed by atoms with E-state index in [1.807, 2.05) is 5.38 Å². The van der Waals surface area contributed by atoms with E-state index in [9.17, 15) is 4.39 Å². The number of likely N-dealkylation sites (N-methyl/N-ethyl adjacent to an activating group) is 1. The summed E-state index contributed by atoms with van der Waals surface area (Å²) in [4.78, 5) is 4.30. The Kier molecular flexibility index (Phi) is 4.87. The Morgan fingerprint density at radius 2 is 2.32 bits per heavy atom. The van der Waals surface area contributed by atoms with Crippen molar-refractivity contribution in [3.05, 3.63) is 46.2 Å². The summed E-state index contributed by atoms with van der Waals surface area (Å²) in [5, 5.41) is 6.42. The minimum atomic E-state index is -0.337. The predicted octanol–water partition coefficient (Wildman–Crippen LogP) is 3.18. The van der Waals surface area contributed by atoms with Crippen LogP contribution in [0.4, 0.5) is 4.39 Å². The van der Waals surface area contributed by atoms with Crippen molar-refractivity contribution in [3.63, 3.8) is 0 Å². The maximum atomic E-state index is 13.4. The molecule has 0 saturated carbocycles. The Bertz CT molecular complexity index is 516. The molecule has 0 bridgehead atoms. The second kappa shape index (κ2) is 6.63. The molecule has 3 nitrogen and oxygen atoms in total. The lowest BCUT2D eigenvalue weighted by molar-refractivity contribution is 0.384. The highest BCUT2D eigenvalue weighted by Gasteiger charge is 2.15. The summed E-state index contributed by atoms with van der Waals surface area (Å²) in [6, 6.07) is 5.10. The van der Waals surface area contributed by atoms with Gasteiger partial charge in [0.1, 0.15) is 0 Å². The van der Waals surface area contributed by atoms with E-state index in [1.165, 1.54) is 13.2 Å². The van der Waals surface area contributed by atoms with Crippen molar-refractivity contribution >= 4 is 11.3 Å². The number of hydrogen-bond acceptors (Lipinski definition) is 4. The van der Waals surface area contributed by atoms with Crippen LogP contribution in [0.3, 0.4) is 0 Å². The first kappa shape index (κ1) is 14.0. The average Bonchev–Trinajstić information content (AvgIpc) is 2.92. The summed E-state index contributed by atoms with van der Waals surface area (Å²) in [6.07, 6.45) is 2.59. The fraction of sp³-hybridized carbons (Fsp3) is 0.357. The molecule has 1 aromatic heterocycles. The van der Waals surface area contributed by atoms with Crippen molar-refractivity contribution in [2.75, 3.05) is 13.7 Å². The molecule has 1 unspecified atom stereocenters. The summed E-state index contributed by atoms with van der Waals surface area (Å²) in [5.41, 5.74) is 1.01. The second-order valence-electron chi connectivity index (χ2n) is 4.13. The Labute approximate surface area is 116 Å². The van der Waals surface area contributed by atoms with Gasteiger partial charge in [0.25, 0.3) is 0 Å². The van der Waals surface area contributed by atoms with E-state index >= 15 is 0 Å². The van der Waals surface area contributed by atoms with E-state index in [1.54, 1.807) is 29.7 Å². The maximum Gasteiger partial charge on any atom is 0.165 e. The van der Waals surface area contributed by atoms with Gasteiger partial charge in [-0.05, 0) is 24.2 Å². The van der Waals surface area contributed by atoms with E-state index < -0.39 is 0 Å². The average molecular weight is 280 g/mol. The lowest BCUT2D eigenvalue weighted by atomic mass is 10.0. The fourth-order valence-corrected chi connectivity index (χ4v) is 2.64. The largest absolute Gasteiger partial charge is 0.494 e. The number of aromatic nitrogens is 1. The molecule has 1 aromatic carbocycles. The summed E-state index contributed by atoms with van der Waals surface area (Å²) < 4.78 is 18.5. The molecule has 1 atom stereocenters. The number of rotatable bonds is 6. The monoisotopic (exact) mass is 280 g/mol. The normalized spacial score (nSPS) is 12.4. The number of nitrogens with one attached hydrogen (secondary N) is 1. The molecule has 19 heavy (non-hydrogen) atoms. The van der Waals surface area contributed by atoms with Gasteiger partial charge in [-0.3, -0.25) is 0 Å². The molecule has 0 spiro atoms. The molecule has 0 amide bonds. The van der Waals surface area contributed by atoms with Gasteiger partial charge in [-0.2, -0.15) is 0 Å². The van der Waals surface area contributed by atoms with E-state index in [4.69, 9.17) is 4.74 Å². The number of hydrogen-bond donors (Lipinski definition) is 1. The lowest BCUT2D eigenvalue weighted by Crippen LogP contribution is -2.23. The zero-order valence-electron chi connectivity index (χ0n) is 11.0. The molecular formula is C14H17FN2OS. The molecule has 102 valence electrons. The Morgan fingerprint density at radius 3 is 2.95 bits per heavy atom. The Hall–Kier alpha value is -1.46. The molecule has 0 radical (unpaired) electrons. The summed E-state index contributed by atoms with van der Waals surface area (Å²) >= 11 is 1.63. The third-order valence-corrected chi connectivity index (χ3v) is 3.69. The highest BCUT2D eigenvalue weighted by Crippen LogP contribution is 2.25. The molecule has 0 aliphatic rings. The first-order chi connectivity index (χ1) is 9.24. The number of ether oxygens (including phenoxy) is 1. The van der Waals surface area contributed by atoms with Crippen molar-refractivity contribution in [1.29, 1.82) is 0 Å². The Morgan fingerprint density at radius 1 is 1.47 bits per heavy atom. The van der Waals surface area contributed by atoms with Gasteiger partial charge < -0.3 is 10.1 Å². The zero-order chi connectivity index (χ0) is 13.7. The standard InChI is InChI=1S/C14H17FN2OS/c1-3-16-12(9-14-17-6-7-19-14)10-4-5-11(15)13(8-10)18-2/h4-8,12,16H,3,9H2,1-2H3. The molecule has 0 saturated heterocycles.